The number of carbonyl (C=O) groups is 10. The fourth-order valence-corrected chi connectivity index (χ4v) is 8.58. The normalized spacial score (nSPS) is 14.2. The van der Waals surface area contributed by atoms with E-state index in [9.17, 15) is 61.1 Å². The van der Waals surface area contributed by atoms with Crippen molar-refractivity contribution < 1.29 is 70.6 Å². The largest absolute Gasteiger partial charge is 0.477 e. The Morgan fingerprint density at radius 1 is 0.778 bits per heavy atom. The van der Waals surface area contributed by atoms with E-state index >= 15 is 4.39 Å². The second-order valence-electron chi connectivity index (χ2n) is 21.3. The first kappa shape index (κ1) is 67.5. The summed E-state index contributed by atoms with van der Waals surface area (Å²) in [6.45, 7) is 13.1. The van der Waals surface area contributed by atoms with Gasteiger partial charge in [0.15, 0.2) is 0 Å². The van der Waals surface area contributed by atoms with Crippen LogP contribution in [0.15, 0.2) is 72.9 Å². The summed E-state index contributed by atoms with van der Waals surface area (Å²) in [4.78, 5) is 125. The summed E-state index contributed by atoms with van der Waals surface area (Å²) in [5.74, 6) is -10.8. The molecule has 5 atom stereocenters. The number of nitrogens with two attached hydrogens (primary N) is 1. The molecule has 20 nitrogen and oxygen atoms in total. The molecule has 1 aliphatic heterocycles. The number of aliphatic carboxylic acids is 1. The number of carboxylic acid groups (broad SMARTS) is 1. The monoisotopic (exact) mass is 1140 g/mol. The lowest BCUT2D eigenvalue weighted by atomic mass is 9.82. The maximum absolute atomic E-state index is 15.1. The van der Waals surface area contributed by atoms with Crippen LogP contribution in [-0.4, -0.2) is 135 Å². The summed E-state index contributed by atoms with van der Waals surface area (Å²) in [7, 11) is 0. The number of carboxylic acids is 1. The van der Waals surface area contributed by atoms with E-state index in [0.717, 1.165) is 28.7 Å². The van der Waals surface area contributed by atoms with Crippen molar-refractivity contribution in [1.82, 2.24) is 41.0 Å². The molecule has 0 saturated heterocycles. The fourth-order valence-electron chi connectivity index (χ4n) is 8.58. The van der Waals surface area contributed by atoms with Gasteiger partial charge in [-0.2, -0.15) is 8.78 Å². The Bertz CT molecular complexity index is 2690. The molecule has 0 saturated carbocycles. The van der Waals surface area contributed by atoms with Crippen LogP contribution in [0.25, 0.3) is 11.1 Å². The van der Waals surface area contributed by atoms with E-state index in [1.807, 2.05) is 55.7 Å². The number of aldehydes is 1. The molecule has 2 heterocycles. The number of nitrogens with zero attached hydrogens (tertiary/aromatic N) is 3. The van der Waals surface area contributed by atoms with Crippen molar-refractivity contribution in [3.63, 3.8) is 0 Å². The molecule has 3 aromatic rings. The first-order chi connectivity index (χ1) is 37.9. The minimum Gasteiger partial charge on any atom is -0.477 e. The lowest BCUT2D eigenvalue weighted by molar-refractivity contribution is -0.162. The first-order valence-electron chi connectivity index (χ1n) is 26.7. The van der Waals surface area contributed by atoms with Crippen molar-refractivity contribution in [2.45, 2.75) is 149 Å². The molecule has 1 aromatic heterocycles. The van der Waals surface area contributed by atoms with Crippen LogP contribution in [0.5, 0.6) is 0 Å². The van der Waals surface area contributed by atoms with Crippen molar-refractivity contribution in [1.29, 1.82) is 0 Å². The number of rotatable bonds is 30. The van der Waals surface area contributed by atoms with Crippen molar-refractivity contribution in [3.8, 4) is 11.1 Å². The van der Waals surface area contributed by atoms with E-state index in [1.165, 1.54) is 26.0 Å². The molecule has 24 heteroatoms. The average molecular weight is 1140 g/mol. The molecule has 81 heavy (non-hydrogen) atoms. The molecule has 0 aliphatic carbocycles. The summed E-state index contributed by atoms with van der Waals surface area (Å²) in [6.07, 6.45) is 7.60. The summed E-state index contributed by atoms with van der Waals surface area (Å²) in [5, 5.41) is 20.6. The Kier molecular flexibility index (Phi) is 26.6. The van der Waals surface area contributed by atoms with E-state index in [0.29, 0.717) is 63.1 Å². The van der Waals surface area contributed by atoms with Crippen molar-refractivity contribution in [3.05, 3.63) is 95.8 Å². The quantitative estimate of drug-likeness (QED) is 0.0199. The summed E-state index contributed by atoms with van der Waals surface area (Å²) in [5.41, 5.74) is 7.84. The number of nitrogens with one attached hydrogen (secondary N) is 5. The molecule has 4 rings (SSSR count). The summed E-state index contributed by atoms with van der Waals surface area (Å²) < 4.78 is 53.9. The van der Waals surface area contributed by atoms with Gasteiger partial charge in [-0.15, -0.1) is 0 Å². The van der Waals surface area contributed by atoms with Gasteiger partial charge in [-0.1, -0.05) is 71.4 Å². The molecule has 0 spiro atoms. The number of benzene rings is 2. The number of carbonyl (C=O) groups excluding carboxylic acids is 9. The van der Waals surface area contributed by atoms with E-state index < -0.39 is 82.8 Å². The van der Waals surface area contributed by atoms with E-state index in [-0.39, 0.29) is 80.6 Å². The van der Waals surface area contributed by atoms with Crippen LogP contribution in [0.1, 0.15) is 124 Å². The highest BCUT2D eigenvalue weighted by atomic mass is 19.3. The molecule has 8 amide bonds. The Hall–Kier alpha value is -7.76. The van der Waals surface area contributed by atoms with Gasteiger partial charge in [0.25, 0.3) is 11.8 Å². The molecular formula is C57H77F4N9O11. The first-order valence-corrected chi connectivity index (χ1v) is 26.7. The van der Waals surface area contributed by atoms with Crippen LogP contribution in [-0.2, 0) is 54.5 Å². The van der Waals surface area contributed by atoms with E-state index in [4.69, 9.17) is 10.8 Å². The number of amides is 8. The molecule has 2 aromatic carbocycles. The smallest absolute Gasteiger partial charge is 0.374 e. The third kappa shape index (κ3) is 22.4. The molecule has 0 radical (unpaired) electrons. The fraction of sp³-hybridized carbons (Fsp3) is 0.509. The molecule has 0 fully saturated rings. The zero-order valence-electron chi connectivity index (χ0n) is 47.1. The Morgan fingerprint density at radius 2 is 1.42 bits per heavy atom. The molecule has 4 unspecified atom stereocenters. The van der Waals surface area contributed by atoms with Crippen LogP contribution in [0.2, 0.25) is 0 Å². The van der Waals surface area contributed by atoms with Crippen molar-refractivity contribution in [2.75, 3.05) is 26.2 Å². The number of hydrogen-bond donors (Lipinski definition) is 7. The van der Waals surface area contributed by atoms with Crippen LogP contribution >= 0.6 is 0 Å². The molecule has 444 valence electrons. The predicted octanol–water partition coefficient (Wildman–Crippen LogP) is 5.08. The minimum atomic E-state index is -3.58. The number of alkyl halides is 2. The Balaban J connectivity index is 0.00000230. The highest BCUT2D eigenvalue weighted by Gasteiger charge is 2.37. The maximum atomic E-state index is 15.1. The van der Waals surface area contributed by atoms with Crippen LogP contribution in [0.4, 0.5) is 17.6 Å². The summed E-state index contributed by atoms with van der Waals surface area (Å²) >= 11 is 0. The molecular weight excluding hydrogens is 1060 g/mol. The van der Waals surface area contributed by atoms with Crippen LogP contribution < -0.4 is 32.3 Å². The third-order valence-corrected chi connectivity index (χ3v) is 13.0. The lowest BCUT2D eigenvalue weighted by Gasteiger charge is -2.41. The van der Waals surface area contributed by atoms with Crippen molar-refractivity contribution >= 4 is 59.5 Å². The zero-order valence-corrected chi connectivity index (χ0v) is 47.1. The second kappa shape index (κ2) is 31.9. The van der Waals surface area contributed by atoms with E-state index in [2.05, 4.69) is 26.6 Å². The standard InChI is InChI=1S/C54H73F2N9O9.C3H4F2O2/c1-34(2)49(62-45(68)19-12-9-15-26-65-47(70)22-23-48(65)71)53(74)60-35(3)51(72)61-40(33-66)18-13-14-25-58-46(69)30-59-52(73)43(57)24-27-64(36(4)67)50(54(5,6)7)44-28-38(41-29-39(55)20-21-42(41)56)32-63(44)31-37-16-10-8-11-17-37;1-3(4,5)2(6)7/h8,10-11,16-17,20-23,28-29,32-35,40,43,49-50H,9,12-15,18-19,24-27,30-31,57H2,1-7H3,(H,58,69)(H,59,73)(H,60,74)(H,61,72)(H,62,68);1H3,(H,6,7)/t35?,40?,43?,49-,50?;/m0./s1. The number of aromatic nitrogens is 1. The maximum Gasteiger partial charge on any atom is 0.374 e. The number of imide groups is 1. The highest BCUT2D eigenvalue weighted by molar-refractivity contribution is 6.12. The number of halogens is 4. The topological polar surface area (TPSA) is 289 Å². The Labute approximate surface area is 469 Å². The van der Waals surface area contributed by atoms with Gasteiger partial charge in [-0.05, 0) is 86.6 Å². The molecule has 1 aliphatic rings. The highest BCUT2D eigenvalue weighted by Crippen LogP contribution is 2.41. The third-order valence-electron chi connectivity index (χ3n) is 13.0. The zero-order chi connectivity index (χ0) is 60.8. The van der Waals surface area contributed by atoms with Gasteiger partial charge in [0.1, 0.15) is 30.0 Å². The van der Waals surface area contributed by atoms with Gasteiger partial charge < -0.3 is 51.7 Å². The number of hydrogen-bond acceptors (Lipinski definition) is 11. The van der Waals surface area contributed by atoms with Gasteiger partial charge in [0.05, 0.1) is 24.7 Å². The average Bonchev–Trinajstić information content (AvgIpc) is 4.20. The minimum absolute atomic E-state index is 0.0397. The lowest BCUT2D eigenvalue weighted by Crippen LogP contribution is -2.55. The van der Waals surface area contributed by atoms with Gasteiger partial charge in [0, 0.05) is 81.6 Å². The molecule has 0 bridgehead atoms. The Morgan fingerprint density at radius 3 is 2.00 bits per heavy atom. The van der Waals surface area contributed by atoms with Crippen LogP contribution in [0, 0.1) is 23.0 Å². The molecule has 8 N–H and O–H groups in total. The van der Waals surface area contributed by atoms with E-state index in [1.54, 1.807) is 31.0 Å². The van der Waals surface area contributed by atoms with Gasteiger partial charge in [0.2, 0.25) is 35.4 Å². The number of unbranched alkanes of at least 4 members (excludes halogenated alkanes) is 3. The van der Waals surface area contributed by atoms with Gasteiger partial charge in [-0.25, -0.2) is 13.6 Å². The predicted molar refractivity (Wildman–Crippen MR) is 292 cm³/mol. The van der Waals surface area contributed by atoms with Crippen molar-refractivity contribution in [2.24, 2.45) is 17.1 Å². The van der Waals surface area contributed by atoms with Gasteiger partial charge >= 0.3 is 11.9 Å². The second-order valence-corrected chi connectivity index (χ2v) is 21.3. The van der Waals surface area contributed by atoms with Gasteiger partial charge in [-0.3, -0.25) is 43.3 Å². The van der Waals surface area contributed by atoms with Crippen LogP contribution in [0.3, 0.4) is 0 Å². The SMILES string of the molecule is CC(=O)N(CCC(N)C(=O)NCC(=O)NCCCCC(C=O)NC(=O)C(C)NC(=O)[C@@H](NC(=O)CCCCCN1C(=O)C=CC1=O)C(C)C)C(c1cc(-c2cc(F)ccc2F)cn1Cc1ccccc1)C(C)(C)C.CC(F)(F)C(=O)O. The summed E-state index contributed by atoms with van der Waals surface area (Å²) in [6, 6.07) is 10.0.